The van der Waals surface area contributed by atoms with Crippen LogP contribution in [0.25, 0.3) is 0 Å². The van der Waals surface area contributed by atoms with Crippen LogP contribution in [0, 0.1) is 0 Å². The highest BCUT2D eigenvalue weighted by molar-refractivity contribution is 4.22. The van der Waals surface area contributed by atoms with Gasteiger partial charge >= 0.3 is 0 Å². The predicted octanol–water partition coefficient (Wildman–Crippen LogP) is 1.65. The minimum atomic E-state index is -0.0509. The SMILES string of the molecule is C.CCOC(C)OC. The average molecular weight is 120 g/mol. The van der Waals surface area contributed by atoms with Crippen LogP contribution in [0.2, 0.25) is 0 Å². The Kier molecular flexibility index (Phi) is 9.36. The summed E-state index contributed by atoms with van der Waals surface area (Å²) < 4.78 is 9.74. The van der Waals surface area contributed by atoms with Crippen LogP contribution in [0.15, 0.2) is 0 Å². The molecule has 0 bridgehead atoms. The Morgan fingerprint density at radius 3 is 2.12 bits per heavy atom. The Morgan fingerprint density at radius 1 is 1.50 bits per heavy atom. The fourth-order valence-electron chi connectivity index (χ4n) is 0.303. The summed E-state index contributed by atoms with van der Waals surface area (Å²) in [5.74, 6) is 0. The van der Waals surface area contributed by atoms with Crippen LogP contribution in [-0.2, 0) is 9.47 Å². The lowest BCUT2D eigenvalue weighted by molar-refractivity contribution is -0.106. The van der Waals surface area contributed by atoms with Crippen LogP contribution in [0.4, 0.5) is 0 Å². The first-order valence-electron chi connectivity index (χ1n) is 2.45. The molecule has 8 heavy (non-hydrogen) atoms. The summed E-state index contributed by atoms with van der Waals surface area (Å²) in [7, 11) is 1.63. The van der Waals surface area contributed by atoms with Gasteiger partial charge in [0.2, 0.25) is 0 Å². The molecule has 2 heteroatoms. The van der Waals surface area contributed by atoms with E-state index in [1.807, 2.05) is 13.8 Å². The Labute approximate surface area is 51.8 Å². The third-order valence-corrected chi connectivity index (χ3v) is 0.733. The van der Waals surface area contributed by atoms with E-state index in [1.165, 1.54) is 0 Å². The molecule has 0 amide bonds. The molecular weight excluding hydrogens is 104 g/mol. The van der Waals surface area contributed by atoms with Gasteiger partial charge < -0.3 is 9.47 Å². The van der Waals surface area contributed by atoms with E-state index >= 15 is 0 Å². The summed E-state index contributed by atoms with van der Waals surface area (Å²) in [5, 5.41) is 0. The lowest BCUT2D eigenvalue weighted by Crippen LogP contribution is -2.08. The van der Waals surface area contributed by atoms with Gasteiger partial charge in [0.25, 0.3) is 0 Å². The number of hydrogen-bond acceptors (Lipinski definition) is 2. The largest absolute Gasteiger partial charge is 0.356 e. The van der Waals surface area contributed by atoms with Gasteiger partial charge in [-0.25, -0.2) is 0 Å². The normalized spacial score (nSPS) is 12.4. The summed E-state index contributed by atoms with van der Waals surface area (Å²) in [6, 6.07) is 0. The molecule has 52 valence electrons. The average Bonchev–Trinajstić information content (AvgIpc) is 1.68. The first kappa shape index (κ1) is 10.8. The van der Waals surface area contributed by atoms with Gasteiger partial charge in [-0.15, -0.1) is 0 Å². The second kappa shape index (κ2) is 6.92. The molecule has 0 fully saturated rings. The molecule has 0 aromatic heterocycles. The Bertz CT molecular complexity index is 37.5. The van der Waals surface area contributed by atoms with E-state index in [4.69, 9.17) is 9.47 Å². The first-order valence-corrected chi connectivity index (χ1v) is 2.45. The fourth-order valence-corrected chi connectivity index (χ4v) is 0.303. The molecule has 0 rings (SSSR count). The molecule has 0 heterocycles. The molecular formula is C6H16O2. The van der Waals surface area contributed by atoms with Crippen LogP contribution in [-0.4, -0.2) is 20.0 Å². The van der Waals surface area contributed by atoms with Gasteiger partial charge in [-0.2, -0.15) is 0 Å². The number of rotatable bonds is 3. The summed E-state index contributed by atoms with van der Waals surface area (Å²) in [6.07, 6.45) is -0.0509. The van der Waals surface area contributed by atoms with Crippen LogP contribution >= 0.6 is 0 Å². The van der Waals surface area contributed by atoms with Crippen molar-refractivity contribution >= 4 is 0 Å². The molecule has 0 aromatic carbocycles. The second-order valence-corrected chi connectivity index (χ2v) is 1.26. The van der Waals surface area contributed by atoms with Crippen molar-refractivity contribution in [2.75, 3.05) is 13.7 Å². The fraction of sp³-hybridized carbons (Fsp3) is 1.00. The smallest absolute Gasteiger partial charge is 0.154 e. The predicted molar refractivity (Wildman–Crippen MR) is 34.8 cm³/mol. The van der Waals surface area contributed by atoms with Crippen molar-refractivity contribution in [3.8, 4) is 0 Å². The van der Waals surface area contributed by atoms with Gasteiger partial charge in [0.1, 0.15) is 0 Å². The third kappa shape index (κ3) is 5.92. The summed E-state index contributed by atoms with van der Waals surface area (Å²) in [4.78, 5) is 0. The zero-order valence-electron chi connectivity index (χ0n) is 5.10. The quantitative estimate of drug-likeness (QED) is 0.527. The summed E-state index contributed by atoms with van der Waals surface area (Å²) in [5.41, 5.74) is 0. The first-order chi connectivity index (χ1) is 3.31. The van der Waals surface area contributed by atoms with Crippen molar-refractivity contribution in [3.05, 3.63) is 0 Å². The maximum absolute atomic E-state index is 4.97. The van der Waals surface area contributed by atoms with E-state index in [1.54, 1.807) is 7.11 Å². The highest BCUT2D eigenvalue weighted by Gasteiger charge is 1.91. The molecule has 0 saturated carbocycles. The van der Waals surface area contributed by atoms with E-state index in [9.17, 15) is 0 Å². The maximum Gasteiger partial charge on any atom is 0.154 e. The van der Waals surface area contributed by atoms with Crippen molar-refractivity contribution < 1.29 is 9.47 Å². The van der Waals surface area contributed by atoms with E-state index in [2.05, 4.69) is 0 Å². The Morgan fingerprint density at radius 2 is 2.00 bits per heavy atom. The Hall–Kier alpha value is -0.0800. The topological polar surface area (TPSA) is 18.5 Å². The maximum atomic E-state index is 4.97. The highest BCUT2D eigenvalue weighted by Crippen LogP contribution is 1.87. The van der Waals surface area contributed by atoms with E-state index in [-0.39, 0.29) is 13.7 Å². The molecule has 0 aliphatic heterocycles. The molecule has 0 spiro atoms. The van der Waals surface area contributed by atoms with Gasteiger partial charge in [0.05, 0.1) is 0 Å². The van der Waals surface area contributed by atoms with Crippen LogP contribution in [0.1, 0.15) is 21.3 Å². The van der Waals surface area contributed by atoms with E-state index in [0.717, 1.165) is 6.61 Å². The van der Waals surface area contributed by atoms with Crippen LogP contribution < -0.4 is 0 Å². The van der Waals surface area contributed by atoms with Crippen molar-refractivity contribution in [3.63, 3.8) is 0 Å². The highest BCUT2D eigenvalue weighted by atomic mass is 16.7. The minimum absolute atomic E-state index is 0. The van der Waals surface area contributed by atoms with Crippen molar-refractivity contribution in [1.29, 1.82) is 0 Å². The van der Waals surface area contributed by atoms with Gasteiger partial charge in [-0.3, -0.25) is 0 Å². The zero-order valence-corrected chi connectivity index (χ0v) is 5.10. The van der Waals surface area contributed by atoms with Crippen molar-refractivity contribution in [1.82, 2.24) is 0 Å². The molecule has 2 nitrogen and oxygen atoms in total. The van der Waals surface area contributed by atoms with E-state index < -0.39 is 0 Å². The van der Waals surface area contributed by atoms with Crippen LogP contribution in [0.3, 0.4) is 0 Å². The molecule has 0 aliphatic rings. The number of hydrogen-bond donors (Lipinski definition) is 0. The lowest BCUT2D eigenvalue weighted by atomic mass is 10.7. The minimum Gasteiger partial charge on any atom is -0.356 e. The van der Waals surface area contributed by atoms with E-state index in [0.29, 0.717) is 0 Å². The van der Waals surface area contributed by atoms with Crippen molar-refractivity contribution in [2.24, 2.45) is 0 Å². The summed E-state index contributed by atoms with van der Waals surface area (Å²) >= 11 is 0. The van der Waals surface area contributed by atoms with Gasteiger partial charge in [-0.1, -0.05) is 7.43 Å². The Balaban J connectivity index is 0. The molecule has 1 atom stereocenters. The van der Waals surface area contributed by atoms with Crippen molar-refractivity contribution in [2.45, 2.75) is 27.6 Å². The monoisotopic (exact) mass is 120 g/mol. The summed E-state index contributed by atoms with van der Waals surface area (Å²) in [6.45, 7) is 4.52. The van der Waals surface area contributed by atoms with Crippen LogP contribution in [0.5, 0.6) is 0 Å². The molecule has 0 saturated heterocycles. The lowest BCUT2D eigenvalue weighted by Gasteiger charge is -2.06. The molecule has 1 unspecified atom stereocenters. The van der Waals surface area contributed by atoms with Gasteiger partial charge in [-0.05, 0) is 13.8 Å². The van der Waals surface area contributed by atoms with Gasteiger partial charge in [0, 0.05) is 13.7 Å². The molecule has 0 N–H and O–H groups in total. The number of ether oxygens (including phenoxy) is 2. The second-order valence-electron chi connectivity index (χ2n) is 1.26. The molecule has 0 radical (unpaired) electrons. The molecule has 0 aliphatic carbocycles. The van der Waals surface area contributed by atoms with Gasteiger partial charge in [0.15, 0.2) is 6.29 Å². The third-order valence-electron chi connectivity index (χ3n) is 0.733. The molecule has 0 aromatic rings. The standard InChI is InChI=1S/C5H12O2.CH4/c1-4-7-5(2)6-3;/h5H,4H2,1-3H3;1H4. The number of methoxy groups -OCH3 is 1. The zero-order chi connectivity index (χ0) is 5.70.